The number of sulfonamides is 1. The predicted molar refractivity (Wildman–Crippen MR) is 78.4 cm³/mol. The summed E-state index contributed by atoms with van der Waals surface area (Å²) in [6, 6.07) is 4.24. The molecule has 1 amide bonds. The Kier molecular flexibility index (Phi) is 5.00. The summed E-state index contributed by atoms with van der Waals surface area (Å²) >= 11 is 0. The molecule has 0 saturated carbocycles. The van der Waals surface area contributed by atoms with Gasteiger partial charge in [-0.15, -0.1) is 0 Å². The second-order valence-corrected chi connectivity index (χ2v) is 7.43. The molecule has 0 atom stereocenters. The first kappa shape index (κ1) is 17.7. The number of carbonyl (C=O) groups is 1. The minimum absolute atomic E-state index is 0.0193. The largest absolute Gasteiger partial charge is 0.416 e. The highest BCUT2D eigenvalue weighted by atomic mass is 32.2. The first-order valence-corrected chi connectivity index (χ1v) is 8.70. The van der Waals surface area contributed by atoms with Gasteiger partial charge in [-0.2, -0.15) is 17.5 Å². The SMILES string of the molecule is CCS(=O)(=O)N1CCN(C(=O)c2cccc(C(F)(F)F)c2)CC1. The van der Waals surface area contributed by atoms with Crippen LogP contribution in [0.4, 0.5) is 13.2 Å². The van der Waals surface area contributed by atoms with E-state index in [-0.39, 0.29) is 37.5 Å². The van der Waals surface area contributed by atoms with Crippen molar-refractivity contribution in [1.29, 1.82) is 0 Å². The molecule has 2 rings (SSSR count). The summed E-state index contributed by atoms with van der Waals surface area (Å²) in [5, 5.41) is 0. The lowest BCUT2D eigenvalue weighted by molar-refractivity contribution is -0.137. The van der Waals surface area contributed by atoms with Crippen molar-refractivity contribution in [2.75, 3.05) is 31.9 Å². The van der Waals surface area contributed by atoms with E-state index >= 15 is 0 Å². The average Bonchev–Trinajstić information content (AvgIpc) is 2.53. The number of alkyl halides is 3. The highest BCUT2D eigenvalue weighted by molar-refractivity contribution is 7.89. The van der Waals surface area contributed by atoms with Crippen LogP contribution in [0.15, 0.2) is 24.3 Å². The van der Waals surface area contributed by atoms with Gasteiger partial charge in [0.1, 0.15) is 0 Å². The number of rotatable bonds is 3. The lowest BCUT2D eigenvalue weighted by Gasteiger charge is -2.33. The molecule has 1 aliphatic rings. The fraction of sp³-hybridized carbons (Fsp3) is 0.500. The zero-order valence-corrected chi connectivity index (χ0v) is 13.3. The number of hydrogen-bond donors (Lipinski definition) is 0. The van der Waals surface area contributed by atoms with Gasteiger partial charge in [0.15, 0.2) is 0 Å². The lowest BCUT2D eigenvalue weighted by atomic mass is 10.1. The maximum Gasteiger partial charge on any atom is 0.416 e. The van der Waals surface area contributed by atoms with E-state index in [0.29, 0.717) is 0 Å². The number of halogens is 3. The molecular weight excluding hydrogens is 333 g/mol. The van der Waals surface area contributed by atoms with Crippen molar-refractivity contribution in [1.82, 2.24) is 9.21 Å². The van der Waals surface area contributed by atoms with Crippen LogP contribution in [0.2, 0.25) is 0 Å². The lowest BCUT2D eigenvalue weighted by Crippen LogP contribution is -2.50. The van der Waals surface area contributed by atoms with E-state index in [1.165, 1.54) is 28.3 Å². The fourth-order valence-electron chi connectivity index (χ4n) is 2.36. The Morgan fingerprint density at radius 3 is 2.30 bits per heavy atom. The van der Waals surface area contributed by atoms with Crippen LogP contribution >= 0.6 is 0 Å². The fourth-order valence-corrected chi connectivity index (χ4v) is 3.45. The molecule has 1 fully saturated rings. The summed E-state index contributed by atoms with van der Waals surface area (Å²) in [7, 11) is -3.31. The Bertz CT molecular complexity index is 681. The second-order valence-electron chi connectivity index (χ2n) is 5.17. The van der Waals surface area contributed by atoms with Crippen molar-refractivity contribution < 1.29 is 26.4 Å². The summed E-state index contributed by atoms with van der Waals surface area (Å²) in [5.74, 6) is -0.543. The monoisotopic (exact) mass is 350 g/mol. The van der Waals surface area contributed by atoms with Gasteiger partial charge in [0.2, 0.25) is 10.0 Å². The van der Waals surface area contributed by atoms with E-state index in [0.717, 1.165) is 12.1 Å². The van der Waals surface area contributed by atoms with E-state index in [2.05, 4.69) is 0 Å². The molecule has 0 spiro atoms. The number of carbonyl (C=O) groups excluding carboxylic acids is 1. The Balaban J connectivity index is 2.09. The van der Waals surface area contributed by atoms with Gasteiger partial charge in [0.25, 0.3) is 5.91 Å². The number of nitrogens with zero attached hydrogens (tertiary/aromatic N) is 2. The summed E-state index contributed by atoms with van der Waals surface area (Å²) < 4.78 is 62.9. The van der Waals surface area contributed by atoms with Crippen LogP contribution < -0.4 is 0 Å². The molecule has 0 N–H and O–H groups in total. The summed E-state index contributed by atoms with van der Waals surface area (Å²) in [6.45, 7) is 2.17. The zero-order chi connectivity index (χ0) is 17.3. The summed E-state index contributed by atoms with van der Waals surface area (Å²) in [5.41, 5.74) is -0.929. The number of amides is 1. The third kappa shape index (κ3) is 4.03. The molecule has 9 heteroatoms. The maximum absolute atomic E-state index is 12.7. The van der Waals surface area contributed by atoms with Crippen LogP contribution in [0.25, 0.3) is 0 Å². The average molecular weight is 350 g/mol. The first-order chi connectivity index (χ1) is 10.6. The standard InChI is InChI=1S/C14H17F3N2O3S/c1-2-23(21,22)19-8-6-18(7-9-19)13(20)11-4-3-5-12(10-11)14(15,16)17/h3-5,10H,2,6-9H2,1H3. The van der Waals surface area contributed by atoms with Crippen molar-refractivity contribution in [2.24, 2.45) is 0 Å². The topological polar surface area (TPSA) is 57.7 Å². The highest BCUT2D eigenvalue weighted by Crippen LogP contribution is 2.29. The smallest absolute Gasteiger partial charge is 0.336 e. The van der Waals surface area contributed by atoms with E-state index in [1.54, 1.807) is 0 Å². The second kappa shape index (κ2) is 6.48. The minimum Gasteiger partial charge on any atom is -0.336 e. The van der Waals surface area contributed by atoms with Crippen LogP contribution in [0.1, 0.15) is 22.8 Å². The van der Waals surface area contributed by atoms with Crippen LogP contribution in [-0.2, 0) is 16.2 Å². The molecule has 5 nitrogen and oxygen atoms in total. The van der Waals surface area contributed by atoms with Crippen molar-refractivity contribution in [3.05, 3.63) is 35.4 Å². The van der Waals surface area contributed by atoms with Gasteiger partial charge in [-0.1, -0.05) is 6.07 Å². The quantitative estimate of drug-likeness (QED) is 0.835. The Morgan fingerprint density at radius 2 is 1.78 bits per heavy atom. The van der Waals surface area contributed by atoms with Gasteiger partial charge >= 0.3 is 6.18 Å². The molecule has 0 aromatic heterocycles. The highest BCUT2D eigenvalue weighted by Gasteiger charge is 2.32. The van der Waals surface area contributed by atoms with E-state index in [9.17, 15) is 26.4 Å². The molecular formula is C14H17F3N2O3S. The molecule has 1 aliphatic heterocycles. The maximum atomic E-state index is 12.7. The molecule has 23 heavy (non-hydrogen) atoms. The number of benzene rings is 1. The molecule has 0 aliphatic carbocycles. The Morgan fingerprint density at radius 1 is 1.17 bits per heavy atom. The molecule has 0 bridgehead atoms. The number of hydrogen-bond acceptors (Lipinski definition) is 3. The van der Waals surface area contributed by atoms with E-state index in [1.807, 2.05) is 0 Å². The van der Waals surface area contributed by atoms with Crippen molar-refractivity contribution >= 4 is 15.9 Å². The van der Waals surface area contributed by atoms with Gasteiger partial charge in [-0.3, -0.25) is 4.79 Å². The van der Waals surface area contributed by atoms with Crippen LogP contribution in [0.3, 0.4) is 0 Å². The zero-order valence-electron chi connectivity index (χ0n) is 12.5. The minimum atomic E-state index is -4.51. The molecule has 0 radical (unpaired) electrons. The van der Waals surface area contributed by atoms with Crippen molar-refractivity contribution in [3.8, 4) is 0 Å². The van der Waals surface area contributed by atoms with Gasteiger partial charge in [0, 0.05) is 31.7 Å². The first-order valence-electron chi connectivity index (χ1n) is 7.09. The van der Waals surface area contributed by atoms with Crippen LogP contribution in [0, 0.1) is 0 Å². The molecule has 1 heterocycles. The van der Waals surface area contributed by atoms with Gasteiger partial charge in [-0.25, -0.2) is 8.42 Å². The van der Waals surface area contributed by atoms with Gasteiger partial charge in [0.05, 0.1) is 11.3 Å². The van der Waals surface area contributed by atoms with Gasteiger partial charge in [-0.05, 0) is 25.1 Å². The summed E-state index contributed by atoms with van der Waals surface area (Å²) in [4.78, 5) is 13.7. The molecule has 128 valence electrons. The predicted octanol–water partition coefficient (Wildman–Crippen LogP) is 1.81. The third-order valence-corrected chi connectivity index (χ3v) is 5.60. The Hall–Kier alpha value is -1.61. The van der Waals surface area contributed by atoms with Crippen LogP contribution in [-0.4, -0.2) is 55.5 Å². The van der Waals surface area contributed by atoms with E-state index in [4.69, 9.17) is 0 Å². The van der Waals surface area contributed by atoms with Crippen LogP contribution in [0.5, 0.6) is 0 Å². The van der Waals surface area contributed by atoms with Crippen molar-refractivity contribution in [3.63, 3.8) is 0 Å². The third-order valence-electron chi connectivity index (χ3n) is 3.72. The molecule has 0 unspecified atom stereocenters. The Labute approximate surface area is 132 Å². The van der Waals surface area contributed by atoms with Gasteiger partial charge < -0.3 is 4.90 Å². The molecule has 1 aromatic rings. The number of piperazine rings is 1. The van der Waals surface area contributed by atoms with E-state index < -0.39 is 27.7 Å². The normalized spacial score (nSPS) is 17.3. The molecule has 1 saturated heterocycles. The molecule has 1 aromatic carbocycles. The summed E-state index contributed by atoms with van der Waals surface area (Å²) in [6.07, 6.45) is -4.51. The van der Waals surface area contributed by atoms with Crippen molar-refractivity contribution in [2.45, 2.75) is 13.1 Å².